The van der Waals surface area contributed by atoms with Crippen LogP contribution in [-0.4, -0.2) is 18.5 Å². The second-order valence-corrected chi connectivity index (χ2v) is 5.68. The minimum Gasteiger partial charge on any atom is -0.452 e. The number of benzene rings is 2. The molecule has 2 rings (SSSR count). The van der Waals surface area contributed by atoms with Gasteiger partial charge in [0, 0.05) is 10.7 Å². The van der Waals surface area contributed by atoms with E-state index in [-0.39, 0.29) is 11.3 Å². The van der Waals surface area contributed by atoms with Gasteiger partial charge in [0.25, 0.3) is 5.91 Å². The van der Waals surface area contributed by atoms with Crippen LogP contribution in [0.2, 0.25) is 10.0 Å². The van der Waals surface area contributed by atoms with Crippen molar-refractivity contribution in [1.29, 1.82) is 0 Å². The van der Waals surface area contributed by atoms with Crippen molar-refractivity contribution in [3.8, 4) is 0 Å². The number of amides is 1. The average molecular weight is 353 g/mol. The molecule has 2 aromatic carbocycles. The summed E-state index contributed by atoms with van der Waals surface area (Å²) in [4.78, 5) is 23.8. The third-order valence-corrected chi connectivity index (χ3v) is 3.52. The Kier molecular flexibility index (Phi) is 5.47. The summed E-state index contributed by atoms with van der Waals surface area (Å²) >= 11 is 11.8. The predicted molar refractivity (Wildman–Crippen MR) is 91.0 cm³/mol. The summed E-state index contributed by atoms with van der Waals surface area (Å²) in [6.45, 7) is 1.42. The summed E-state index contributed by atoms with van der Waals surface area (Å²) in [5.74, 6) is -1.24. The topological polar surface area (TPSA) is 81.4 Å². The number of carbonyl (C=O) groups is 2. The molecule has 0 heterocycles. The summed E-state index contributed by atoms with van der Waals surface area (Å²) < 4.78 is 4.93. The number of ether oxygens (including phenoxy) is 1. The van der Waals surface area contributed by atoms with Crippen LogP contribution in [0, 0.1) is 6.92 Å². The minimum atomic E-state index is -0.727. The highest BCUT2D eigenvalue weighted by Gasteiger charge is 2.14. The summed E-state index contributed by atoms with van der Waals surface area (Å²) in [6, 6.07) is 9.63. The summed E-state index contributed by atoms with van der Waals surface area (Å²) in [7, 11) is 0. The van der Waals surface area contributed by atoms with Crippen molar-refractivity contribution >= 4 is 46.5 Å². The zero-order valence-corrected chi connectivity index (χ0v) is 13.7. The first kappa shape index (κ1) is 17.1. The zero-order chi connectivity index (χ0) is 17.0. The van der Waals surface area contributed by atoms with Crippen LogP contribution in [0.15, 0.2) is 36.4 Å². The number of hydrogen-bond acceptors (Lipinski definition) is 4. The van der Waals surface area contributed by atoms with E-state index in [1.807, 2.05) is 6.92 Å². The molecule has 0 bridgehead atoms. The number of rotatable bonds is 4. The van der Waals surface area contributed by atoms with Gasteiger partial charge in [-0.05, 0) is 42.8 Å². The molecule has 23 heavy (non-hydrogen) atoms. The van der Waals surface area contributed by atoms with Gasteiger partial charge in [-0.3, -0.25) is 4.79 Å². The standard InChI is InChI=1S/C16H14Cl2N2O3/c1-9-2-5-14(12(18)6-9)20-15(21)8-23-16(22)11-7-10(17)3-4-13(11)19/h2-7H,8,19H2,1H3,(H,20,21). The first-order valence-electron chi connectivity index (χ1n) is 6.65. The van der Waals surface area contributed by atoms with E-state index in [4.69, 9.17) is 33.7 Å². The third kappa shape index (κ3) is 4.61. The normalized spacial score (nSPS) is 10.2. The average Bonchev–Trinajstić information content (AvgIpc) is 2.50. The lowest BCUT2D eigenvalue weighted by atomic mass is 10.2. The van der Waals surface area contributed by atoms with Crippen molar-refractivity contribution in [2.75, 3.05) is 17.7 Å². The Balaban J connectivity index is 1.96. The number of halogens is 2. The number of hydrogen-bond donors (Lipinski definition) is 2. The van der Waals surface area contributed by atoms with Gasteiger partial charge in [-0.1, -0.05) is 29.3 Å². The van der Waals surface area contributed by atoms with Gasteiger partial charge in [0.1, 0.15) is 0 Å². The van der Waals surface area contributed by atoms with Crippen LogP contribution < -0.4 is 11.1 Å². The smallest absolute Gasteiger partial charge is 0.340 e. The van der Waals surface area contributed by atoms with Crippen LogP contribution in [0.4, 0.5) is 11.4 Å². The van der Waals surface area contributed by atoms with Gasteiger partial charge in [0.05, 0.1) is 16.3 Å². The molecule has 0 saturated carbocycles. The fourth-order valence-corrected chi connectivity index (χ4v) is 2.28. The Morgan fingerprint density at radius 3 is 2.61 bits per heavy atom. The number of nitrogens with two attached hydrogens (primary N) is 1. The molecule has 0 aliphatic rings. The van der Waals surface area contributed by atoms with Gasteiger partial charge in [-0.25, -0.2) is 4.79 Å². The van der Waals surface area contributed by atoms with Crippen molar-refractivity contribution in [2.24, 2.45) is 0 Å². The molecule has 3 N–H and O–H groups in total. The molecule has 0 fully saturated rings. The highest BCUT2D eigenvalue weighted by Crippen LogP contribution is 2.23. The van der Waals surface area contributed by atoms with Gasteiger partial charge in [0.15, 0.2) is 6.61 Å². The summed E-state index contributed by atoms with van der Waals surface area (Å²) in [6.07, 6.45) is 0. The van der Waals surface area contributed by atoms with Crippen molar-refractivity contribution < 1.29 is 14.3 Å². The van der Waals surface area contributed by atoms with E-state index >= 15 is 0 Å². The molecule has 0 spiro atoms. The zero-order valence-electron chi connectivity index (χ0n) is 12.2. The minimum absolute atomic E-state index is 0.110. The Bertz CT molecular complexity index is 763. The van der Waals surface area contributed by atoms with Gasteiger partial charge >= 0.3 is 5.97 Å². The van der Waals surface area contributed by atoms with E-state index < -0.39 is 18.5 Å². The van der Waals surface area contributed by atoms with Crippen LogP contribution in [-0.2, 0) is 9.53 Å². The lowest BCUT2D eigenvalue weighted by Gasteiger charge is -2.09. The fourth-order valence-electron chi connectivity index (χ4n) is 1.82. The van der Waals surface area contributed by atoms with Gasteiger partial charge < -0.3 is 15.8 Å². The number of esters is 1. The van der Waals surface area contributed by atoms with Gasteiger partial charge in [-0.15, -0.1) is 0 Å². The van der Waals surface area contributed by atoms with Crippen molar-refractivity contribution in [2.45, 2.75) is 6.92 Å². The molecular weight excluding hydrogens is 339 g/mol. The second-order valence-electron chi connectivity index (χ2n) is 4.84. The Morgan fingerprint density at radius 2 is 1.91 bits per heavy atom. The molecule has 2 aromatic rings. The molecular formula is C16H14Cl2N2O3. The van der Waals surface area contributed by atoms with E-state index in [0.29, 0.717) is 15.7 Å². The van der Waals surface area contributed by atoms with E-state index in [9.17, 15) is 9.59 Å². The maximum Gasteiger partial charge on any atom is 0.340 e. The monoisotopic (exact) mass is 352 g/mol. The third-order valence-electron chi connectivity index (χ3n) is 2.97. The van der Waals surface area contributed by atoms with E-state index in [1.54, 1.807) is 24.3 Å². The summed E-state index contributed by atoms with van der Waals surface area (Å²) in [5.41, 5.74) is 7.42. The molecule has 0 radical (unpaired) electrons. The second kappa shape index (κ2) is 7.35. The fraction of sp³-hybridized carbons (Fsp3) is 0.125. The van der Waals surface area contributed by atoms with Crippen LogP contribution in [0.3, 0.4) is 0 Å². The van der Waals surface area contributed by atoms with Crippen LogP contribution in [0.25, 0.3) is 0 Å². The number of carbonyl (C=O) groups excluding carboxylic acids is 2. The maximum absolute atomic E-state index is 11.9. The van der Waals surface area contributed by atoms with Crippen LogP contribution in [0.1, 0.15) is 15.9 Å². The Morgan fingerprint density at radius 1 is 1.17 bits per heavy atom. The lowest BCUT2D eigenvalue weighted by molar-refractivity contribution is -0.119. The number of nitrogens with one attached hydrogen (secondary N) is 1. The Hall–Kier alpha value is -2.24. The molecule has 5 nitrogen and oxygen atoms in total. The first-order chi connectivity index (χ1) is 10.9. The lowest BCUT2D eigenvalue weighted by Crippen LogP contribution is -2.21. The SMILES string of the molecule is Cc1ccc(NC(=O)COC(=O)c2cc(Cl)ccc2N)c(Cl)c1. The van der Waals surface area contributed by atoms with Crippen LogP contribution >= 0.6 is 23.2 Å². The van der Waals surface area contributed by atoms with E-state index in [1.165, 1.54) is 12.1 Å². The van der Waals surface area contributed by atoms with Crippen LogP contribution in [0.5, 0.6) is 0 Å². The summed E-state index contributed by atoms with van der Waals surface area (Å²) in [5, 5.41) is 3.32. The number of nitrogen functional groups attached to an aromatic ring is 1. The molecule has 0 atom stereocenters. The largest absolute Gasteiger partial charge is 0.452 e. The molecule has 0 aromatic heterocycles. The molecule has 0 saturated heterocycles. The van der Waals surface area contributed by atoms with Gasteiger partial charge in [-0.2, -0.15) is 0 Å². The highest BCUT2D eigenvalue weighted by atomic mass is 35.5. The van der Waals surface area contributed by atoms with Crippen molar-refractivity contribution in [1.82, 2.24) is 0 Å². The van der Waals surface area contributed by atoms with Crippen molar-refractivity contribution in [3.05, 3.63) is 57.6 Å². The highest BCUT2D eigenvalue weighted by molar-refractivity contribution is 6.33. The molecule has 0 unspecified atom stereocenters. The first-order valence-corrected chi connectivity index (χ1v) is 7.40. The van der Waals surface area contributed by atoms with E-state index in [2.05, 4.69) is 5.32 Å². The predicted octanol–water partition coefficient (Wildman–Crippen LogP) is 3.68. The number of aryl methyl sites for hydroxylation is 1. The number of anilines is 2. The van der Waals surface area contributed by atoms with Gasteiger partial charge in [0.2, 0.25) is 0 Å². The molecule has 7 heteroatoms. The van der Waals surface area contributed by atoms with Crippen molar-refractivity contribution in [3.63, 3.8) is 0 Å². The molecule has 120 valence electrons. The molecule has 0 aliphatic heterocycles. The quantitative estimate of drug-likeness (QED) is 0.649. The maximum atomic E-state index is 11.9. The Labute approximate surface area is 143 Å². The van der Waals surface area contributed by atoms with E-state index in [0.717, 1.165) is 5.56 Å². The molecule has 1 amide bonds. The molecule has 0 aliphatic carbocycles.